The Labute approximate surface area is 68.7 Å². The average molecular weight is 154 g/mol. The zero-order valence-electron chi connectivity index (χ0n) is 7.27. The van der Waals surface area contributed by atoms with Crippen LogP contribution in [0.2, 0.25) is 0 Å². The Morgan fingerprint density at radius 1 is 1.36 bits per heavy atom. The van der Waals surface area contributed by atoms with Crippen LogP contribution in [0.4, 0.5) is 0 Å². The van der Waals surface area contributed by atoms with Crippen molar-refractivity contribution in [3.63, 3.8) is 0 Å². The smallest absolute Gasteiger partial charge is 0.00795 e. The third-order valence-corrected chi connectivity index (χ3v) is 2.93. The van der Waals surface area contributed by atoms with E-state index in [1.807, 2.05) is 0 Å². The van der Waals surface area contributed by atoms with Crippen molar-refractivity contribution in [3.05, 3.63) is 0 Å². The van der Waals surface area contributed by atoms with E-state index >= 15 is 0 Å². The third-order valence-electron chi connectivity index (χ3n) is 2.93. The second kappa shape index (κ2) is 3.11. The molecule has 1 heterocycles. The van der Waals surface area contributed by atoms with E-state index in [1.54, 1.807) is 0 Å². The Bertz CT molecular complexity index is 132. The summed E-state index contributed by atoms with van der Waals surface area (Å²) in [7, 11) is 0. The van der Waals surface area contributed by atoms with Gasteiger partial charge in [0.25, 0.3) is 0 Å². The molecule has 2 heteroatoms. The topological polar surface area (TPSA) is 24.1 Å². The normalized spacial score (nSPS) is 37.9. The van der Waals surface area contributed by atoms with Crippen molar-refractivity contribution < 1.29 is 0 Å². The van der Waals surface area contributed by atoms with Gasteiger partial charge in [-0.05, 0) is 45.2 Å². The fourth-order valence-corrected chi connectivity index (χ4v) is 1.80. The molecule has 2 aliphatic rings. The standard InChI is InChI=1S/C9H18N2/c1-7-8(4-5-10-7)6-11-9-2-3-9/h7-11H,2-6H2,1H3. The highest BCUT2D eigenvalue weighted by Crippen LogP contribution is 2.21. The minimum absolute atomic E-state index is 0.737. The molecule has 11 heavy (non-hydrogen) atoms. The largest absolute Gasteiger partial charge is 0.314 e. The van der Waals surface area contributed by atoms with E-state index in [0.717, 1.165) is 18.0 Å². The van der Waals surface area contributed by atoms with Crippen molar-refractivity contribution in [1.82, 2.24) is 10.6 Å². The van der Waals surface area contributed by atoms with Crippen molar-refractivity contribution in [1.29, 1.82) is 0 Å². The van der Waals surface area contributed by atoms with Crippen LogP contribution in [-0.4, -0.2) is 25.2 Å². The molecule has 1 saturated heterocycles. The minimum Gasteiger partial charge on any atom is -0.314 e. The SMILES string of the molecule is CC1NCCC1CNC1CC1. The number of hydrogen-bond donors (Lipinski definition) is 2. The lowest BCUT2D eigenvalue weighted by molar-refractivity contribution is 0.438. The maximum absolute atomic E-state index is 3.59. The molecule has 0 radical (unpaired) electrons. The van der Waals surface area contributed by atoms with Crippen LogP contribution in [0.1, 0.15) is 26.2 Å². The summed E-state index contributed by atoms with van der Waals surface area (Å²) >= 11 is 0. The second-order valence-corrected chi connectivity index (χ2v) is 3.97. The average Bonchev–Trinajstić information content (AvgIpc) is 2.73. The highest BCUT2D eigenvalue weighted by Gasteiger charge is 2.26. The first-order chi connectivity index (χ1) is 5.36. The summed E-state index contributed by atoms with van der Waals surface area (Å²) in [6.45, 7) is 4.75. The third kappa shape index (κ3) is 1.94. The van der Waals surface area contributed by atoms with Gasteiger partial charge in [0.1, 0.15) is 0 Å². The zero-order chi connectivity index (χ0) is 7.68. The molecule has 1 aliphatic heterocycles. The Balaban J connectivity index is 1.67. The monoisotopic (exact) mass is 154 g/mol. The molecule has 2 unspecified atom stereocenters. The van der Waals surface area contributed by atoms with Crippen LogP contribution in [0.15, 0.2) is 0 Å². The molecule has 1 aliphatic carbocycles. The Morgan fingerprint density at radius 3 is 2.73 bits per heavy atom. The van der Waals surface area contributed by atoms with Gasteiger partial charge in [0, 0.05) is 12.1 Å². The quantitative estimate of drug-likeness (QED) is 0.626. The number of rotatable bonds is 3. The van der Waals surface area contributed by atoms with Gasteiger partial charge in [0.15, 0.2) is 0 Å². The summed E-state index contributed by atoms with van der Waals surface area (Å²) in [6.07, 6.45) is 4.18. The summed E-state index contributed by atoms with van der Waals surface area (Å²) in [5.41, 5.74) is 0. The van der Waals surface area contributed by atoms with Crippen LogP contribution in [0, 0.1) is 5.92 Å². The molecule has 2 N–H and O–H groups in total. The molecule has 0 bridgehead atoms. The molecule has 2 atom stereocenters. The fourth-order valence-electron chi connectivity index (χ4n) is 1.80. The Kier molecular flexibility index (Phi) is 2.14. The molecular formula is C9H18N2. The number of nitrogens with one attached hydrogen (secondary N) is 2. The van der Waals surface area contributed by atoms with Crippen LogP contribution >= 0.6 is 0 Å². The van der Waals surface area contributed by atoms with Crippen LogP contribution in [0.25, 0.3) is 0 Å². The van der Waals surface area contributed by atoms with E-state index in [1.165, 1.54) is 32.4 Å². The molecule has 0 amide bonds. The van der Waals surface area contributed by atoms with Crippen molar-refractivity contribution in [2.24, 2.45) is 5.92 Å². The van der Waals surface area contributed by atoms with Gasteiger partial charge in [-0.3, -0.25) is 0 Å². The van der Waals surface area contributed by atoms with Gasteiger partial charge < -0.3 is 10.6 Å². The van der Waals surface area contributed by atoms with E-state index in [-0.39, 0.29) is 0 Å². The Morgan fingerprint density at radius 2 is 2.18 bits per heavy atom. The van der Waals surface area contributed by atoms with E-state index in [0.29, 0.717) is 0 Å². The van der Waals surface area contributed by atoms with Gasteiger partial charge in [0.2, 0.25) is 0 Å². The fraction of sp³-hybridized carbons (Fsp3) is 1.00. The first-order valence-electron chi connectivity index (χ1n) is 4.83. The van der Waals surface area contributed by atoms with Crippen LogP contribution < -0.4 is 10.6 Å². The molecule has 0 spiro atoms. The molecule has 2 rings (SSSR count). The van der Waals surface area contributed by atoms with Crippen LogP contribution in [0.5, 0.6) is 0 Å². The highest BCUT2D eigenvalue weighted by molar-refractivity contribution is 4.86. The van der Waals surface area contributed by atoms with E-state index in [9.17, 15) is 0 Å². The van der Waals surface area contributed by atoms with Crippen LogP contribution in [-0.2, 0) is 0 Å². The molecule has 0 aromatic rings. The molecular weight excluding hydrogens is 136 g/mol. The first-order valence-corrected chi connectivity index (χ1v) is 4.83. The van der Waals surface area contributed by atoms with E-state index in [2.05, 4.69) is 17.6 Å². The molecule has 2 nitrogen and oxygen atoms in total. The van der Waals surface area contributed by atoms with Gasteiger partial charge in [0.05, 0.1) is 0 Å². The Hall–Kier alpha value is -0.0800. The van der Waals surface area contributed by atoms with Crippen molar-refractivity contribution in [3.8, 4) is 0 Å². The first kappa shape index (κ1) is 7.56. The minimum atomic E-state index is 0.737. The van der Waals surface area contributed by atoms with Crippen molar-refractivity contribution >= 4 is 0 Å². The summed E-state index contributed by atoms with van der Waals surface area (Å²) in [4.78, 5) is 0. The maximum Gasteiger partial charge on any atom is 0.00795 e. The van der Waals surface area contributed by atoms with Crippen molar-refractivity contribution in [2.45, 2.75) is 38.3 Å². The molecule has 64 valence electrons. The second-order valence-electron chi connectivity index (χ2n) is 3.97. The lowest BCUT2D eigenvalue weighted by Gasteiger charge is -2.14. The van der Waals surface area contributed by atoms with Gasteiger partial charge in [-0.15, -0.1) is 0 Å². The zero-order valence-corrected chi connectivity index (χ0v) is 7.27. The molecule has 1 saturated carbocycles. The molecule has 2 fully saturated rings. The summed E-state index contributed by atoms with van der Waals surface area (Å²) in [6, 6.07) is 1.61. The molecule has 0 aromatic heterocycles. The predicted octanol–water partition coefficient (Wildman–Crippen LogP) is 0.736. The summed E-state index contributed by atoms with van der Waals surface area (Å²) in [5, 5.41) is 7.06. The van der Waals surface area contributed by atoms with Crippen LogP contribution in [0.3, 0.4) is 0 Å². The van der Waals surface area contributed by atoms with E-state index < -0.39 is 0 Å². The van der Waals surface area contributed by atoms with Crippen molar-refractivity contribution in [2.75, 3.05) is 13.1 Å². The maximum atomic E-state index is 3.59. The highest BCUT2D eigenvalue weighted by atomic mass is 15.0. The van der Waals surface area contributed by atoms with Gasteiger partial charge in [-0.25, -0.2) is 0 Å². The van der Waals surface area contributed by atoms with E-state index in [4.69, 9.17) is 0 Å². The number of hydrogen-bond acceptors (Lipinski definition) is 2. The van der Waals surface area contributed by atoms with Gasteiger partial charge in [-0.2, -0.15) is 0 Å². The summed E-state index contributed by atoms with van der Waals surface area (Å²) < 4.78 is 0. The lowest BCUT2D eigenvalue weighted by atomic mass is 10.0. The summed E-state index contributed by atoms with van der Waals surface area (Å²) in [5.74, 6) is 0.885. The molecule has 0 aromatic carbocycles. The van der Waals surface area contributed by atoms with Gasteiger partial charge >= 0.3 is 0 Å². The lowest BCUT2D eigenvalue weighted by Crippen LogP contribution is -2.31. The van der Waals surface area contributed by atoms with Gasteiger partial charge in [-0.1, -0.05) is 0 Å². The predicted molar refractivity (Wildman–Crippen MR) is 46.6 cm³/mol.